The molecule has 0 heterocycles. The highest BCUT2D eigenvalue weighted by Gasteiger charge is 2.20. The third-order valence-corrected chi connectivity index (χ3v) is 3.42. The molecule has 0 aromatic heterocycles. The zero-order valence-electron chi connectivity index (χ0n) is 11.0. The Morgan fingerprint density at radius 3 is 2.72 bits per heavy atom. The van der Waals surface area contributed by atoms with Crippen molar-refractivity contribution in [3.05, 3.63) is 34.9 Å². The Kier molecular flexibility index (Phi) is 6.20. The van der Waals surface area contributed by atoms with Gasteiger partial charge in [-0.05, 0) is 36.5 Å². The van der Waals surface area contributed by atoms with Crippen molar-refractivity contribution in [1.82, 2.24) is 0 Å². The van der Waals surface area contributed by atoms with E-state index in [9.17, 15) is 9.90 Å². The van der Waals surface area contributed by atoms with Gasteiger partial charge in [0.2, 0.25) is 0 Å². The first-order chi connectivity index (χ1) is 8.52. The lowest BCUT2D eigenvalue weighted by Gasteiger charge is -2.17. The first-order valence-corrected chi connectivity index (χ1v) is 6.88. The van der Waals surface area contributed by atoms with Gasteiger partial charge >= 0.3 is 5.97 Å². The number of aliphatic carboxylic acids is 1. The van der Waals surface area contributed by atoms with Crippen LogP contribution in [0.3, 0.4) is 0 Å². The summed E-state index contributed by atoms with van der Waals surface area (Å²) in [5.41, 5.74) is 0.999. The fourth-order valence-electron chi connectivity index (χ4n) is 2.32. The molecule has 2 unspecified atom stereocenters. The van der Waals surface area contributed by atoms with Crippen LogP contribution in [0.1, 0.15) is 38.7 Å². The van der Waals surface area contributed by atoms with E-state index in [0.717, 1.165) is 24.8 Å². The molecule has 0 aliphatic heterocycles. The second-order valence-corrected chi connectivity index (χ2v) is 5.44. The highest BCUT2D eigenvalue weighted by Crippen LogP contribution is 2.22. The SMILES string of the molecule is CCCC(C)CC(Cc1cccc(Cl)c1)C(=O)O. The van der Waals surface area contributed by atoms with Crippen molar-refractivity contribution < 1.29 is 9.90 Å². The topological polar surface area (TPSA) is 37.3 Å². The number of carboxylic acid groups (broad SMARTS) is 1. The third-order valence-electron chi connectivity index (χ3n) is 3.19. The number of hydrogen-bond donors (Lipinski definition) is 1. The first kappa shape index (κ1) is 15.0. The summed E-state index contributed by atoms with van der Waals surface area (Å²) >= 11 is 5.92. The third kappa shape index (κ3) is 5.09. The van der Waals surface area contributed by atoms with Crippen LogP contribution in [0, 0.1) is 11.8 Å². The molecule has 100 valence electrons. The molecule has 0 spiro atoms. The Bertz CT molecular complexity index is 390. The second-order valence-electron chi connectivity index (χ2n) is 5.00. The standard InChI is InChI=1S/C15H21ClO2/c1-3-5-11(2)8-13(15(17)18)9-12-6-4-7-14(16)10-12/h4,6-7,10-11,13H,3,5,8-9H2,1-2H3,(H,17,18). The van der Waals surface area contributed by atoms with Crippen LogP contribution >= 0.6 is 11.6 Å². The van der Waals surface area contributed by atoms with Crippen molar-refractivity contribution >= 4 is 17.6 Å². The molecule has 1 rings (SSSR count). The second kappa shape index (κ2) is 7.42. The molecule has 0 saturated carbocycles. The lowest BCUT2D eigenvalue weighted by atomic mass is 9.88. The summed E-state index contributed by atoms with van der Waals surface area (Å²) in [6, 6.07) is 7.46. The van der Waals surface area contributed by atoms with Crippen molar-refractivity contribution in [3.63, 3.8) is 0 Å². The molecular weight excluding hydrogens is 248 g/mol. The minimum Gasteiger partial charge on any atom is -0.481 e. The predicted octanol–water partition coefficient (Wildman–Crippen LogP) is 4.41. The molecule has 1 N–H and O–H groups in total. The van der Waals surface area contributed by atoms with Crippen LogP contribution in [0.15, 0.2) is 24.3 Å². The van der Waals surface area contributed by atoms with E-state index in [4.69, 9.17) is 11.6 Å². The molecule has 2 atom stereocenters. The fourth-order valence-corrected chi connectivity index (χ4v) is 2.53. The maximum Gasteiger partial charge on any atom is 0.306 e. The number of hydrogen-bond acceptors (Lipinski definition) is 1. The average Bonchev–Trinajstić information content (AvgIpc) is 2.28. The summed E-state index contributed by atoms with van der Waals surface area (Å²) in [6.45, 7) is 4.25. The Hall–Kier alpha value is -1.02. The van der Waals surface area contributed by atoms with E-state index in [0.29, 0.717) is 17.4 Å². The summed E-state index contributed by atoms with van der Waals surface area (Å²) in [7, 11) is 0. The molecule has 0 aliphatic rings. The van der Waals surface area contributed by atoms with E-state index >= 15 is 0 Å². The van der Waals surface area contributed by atoms with Gasteiger partial charge in [-0.1, -0.05) is 50.4 Å². The molecule has 18 heavy (non-hydrogen) atoms. The van der Waals surface area contributed by atoms with E-state index in [1.54, 1.807) is 6.07 Å². The minimum absolute atomic E-state index is 0.315. The lowest BCUT2D eigenvalue weighted by molar-refractivity contribution is -0.142. The Balaban J connectivity index is 2.66. The summed E-state index contributed by atoms with van der Waals surface area (Å²) in [5.74, 6) is -0.571. The quantitative estimate of drug-likeness (QED) is 0.795. The molecular formula is C15H21ClO2. The monoisotopic (exact) mass is 268 g/mol. The van der Waals surface area contributed by atoms with E-state index in [-0.39, 0.29) is 5.92 Å². The van der Waals surface area contributed by atoms with Gasteiger partial charge in [0.25, 0.3) is 0 Å². The van der Waals surface area contributed by atoms with Crippen molar-refractivity contribution in [2.75, 3.05) is 0 Å². The van der Waals surface area contributed by atoms with E-state index in [2.05, 4.69) is 13.8 Å². The Morgan fingerprint density at radius 1 is 1.44 bits per heavy atom. The number of rotatable bonds is 7. The van der Waals surface area contributed by atoms with Gasteiger partial charge in [-0.15, -0.1) is 0 Å². The van der Waals surface area contributed by atoms with E-state index < -0.39 is 5.97 Å². The van der Waals surface area contributed by atoms with Crippen LogP contribution in [0.5, 0.6) is 0 Å². The highest BCUT2D eigenvalue weighted by atomic mass is 35.5. The van der Waals surface area contributed by atoms with Crippen LogP contribution in [0.4, 0.5) is 0 Å². The zero-order valence-corrected chi connectivity index (χ0v) is 11.8. The van der Waals surface area contributed by atoms with Crippen molar-refractivity contribution in [3.8, 4) is 0 Å². The van der Waals surface area contributed by atoms with Crippen LogP contribution in [0.2, 0.25) is 5.02 Å². The summed E-state index contributed by atoms with van der Waals surface area (Å²) in [6.07, 6.45) is 3.48. The Morgan fingerprint density at radius 2 is 2.17 bits per heavy atom. The van der Waals surface area contributed by atoms with Gasteiger partial charge in [-0.3, -0.25) is 4.79 Å². The summed E-state index contributed by atoms with van der Waals surface area (Å²) in [4.78, 5) is 11.3. The average molecular weight is 269 g/mol. The first-order valence-electron chi connectivity index (χ1n) is 6.50. The molecule has 1 aromatic carbocycles. The largest absolute Gasteiger partial charge is 0.481 e. The van der Waals surface area contributed by atoms with Gasteiger partial charge < -0.3 is 5.11 Å². The number of carboxylic acids is 1. The number of benzene rings is 1. The molecule has 0 amide bonds. The lowest BCUT2D eigenvalue weighted by Crippen LogP contribution is -2.19. The molecule has 0 fully saturated rings. The molecule has 0 radical (unpaired) electrons. The molecule has 0 saturated heterocycles. The Labute approximate surface area is 114 Å². The maximum absolute atomic E-state index is 11.3. The fraction of sp³-hybridized carbons (Fsp3) is 0.533. The van der Waals surface area contributed by atoms with Gasteiger partial charge in [0, 0.05) is 5.02 Å². The van der Waals surface area contributed by atoms with Gasteiger partial charge in [0.05, 0.1) is 5.92 Å². The zero-order chi connectivity index (χ0) is 13.5. The number of carbonyl (C=O) groups is 1. The maximum atomic E-state index is 11.3. The molecule has 0 bridgehead atoms. The molecule has 2 nitrogen and oxygen atoms in total. The molecule has 0 aliphatic carbocycles. The molecule has 1 aromatic rings. The van der Waals surface area contributed by atoms with Crippen LogP contribution < -0.4 is 0 Å². The van der Waals surface area contributed by atoms with Crippen molar-refractivity contribution in [2.45, 2.75) is 39.5 Å². The van der Waals surface area contributed by atoms with Crippen LogP contribution in [-0.4, -0.2) is 11.1 Å². The summed E-state index contributed by atoms with van der Waals surface area (Å²) < 4.78 is 0. The van der Waals surface area contributed by atoms with Crippen LogP contribution in [0.25, 0.3) is 0 Å². The molecule has 3 heteroatoms. The van der Waals surface area contributed by atoms with E-state index in [1.165, 1.54) is 0 Å². The smallest absolute Gasteiger partial charge is 0.306 e. The normalized spacial score (nSPS) is 14.2. The van der Waals surface area contributed by atoms with Crippen LogP contribution in [-0.2, 0) is 11.2 Å². The van der Waals surface area contributed by atoms with E-state index in [1.807, 2.05) is 18.2 Å². The predicted molar refractivity (Wildman–Crippen MR) is 75.0 cm³/mol. The van der Waals surface area contributed by atoms with Gasteiger partial charge in [-0.25, -0.2) is 0 Å². The van der Waals surface area contributed by atoms with Crippen molar-refractivity contribution in [1.29, 1.82) is 0 Å². The van der Waals surface area contributed by atoms with Gasteiger partial charge in [0.1, 0.15) is 0 Å². The summed E-state index contributed by atoms with van der Waals surface area (Å²) in [5, 5.41) is 9.95. The van der Waals surface area contributed by atoms with Gasteiger partial charge in [-0.2, -0.15) is 0 Å². The number of halogens is 1. The highest BCUT2D eigenvalue weighted by molar-refractivity contribution is 6.30. The van der Waals surface area contributed by atoms with Gasteiger partial charge in [0.15, 0.2) is 0 Å². The van der Waals surface area contributed by atoms with Crippen molar-refractivity contribution in [2.24, 2.45) is 11.8 Å². The minimum atomic E-state index is -0.710.